The van der Waals surface area contributed by atoms with E-state index in [0.717, 1.165) is 4.88 Å². The van der Waals surface area contributed by atoms with Crippen LogP contribution >= 0.6 is 11.3 Å². The van der Waals surface area contributed by atoms with Crippen LogP contribution in [0.5, 0.6) is 0 Å². The van der Waals surface area contributed by atoms with Crippen LogP contribution in [0.4, 0.5) is 0 Å². The summed E-state index contributed by atoms with van der Waals surface area (Å²) in [7, 11) is 0. The lowest BCUT2D eigenvalue weighted by Crippen LogP contribution is -2.17. The highest BCUT2D eigenvalue weighted by atomic mass is 32.1. The molecule has 1 aromatic carbocycles. The van der Waals surface area contributed by atoms with Gasteiger partial charge in [-0.15, -0.1) is 11.3 Å². The first-order chi connectivity index (χ1) is 10.5. The van der Waals surface area contributed by atoms with Crippen LogP contribution in [-0.4, -0.2) is 15.9 Å². The minimum atomic E-state index is -0.632. The smallest absolute Gasteiger partial charge is 0.349 e. The normalized spacial score (nSPS) is 12.3. The van der Waals surface area contributed by atoms with Crippen molar-refractivity contribution in [3.8, 4) is 0 Å². The number of hydrogen-bond donors (Lipinski definition) is 1. The fraction of sp³-hybridized carbons (Fsp3) is 0.188. The van der Waals surface area contributed by atoms with Crippen molar-refractivity contribution in [2.24, 2.45) is 0 Å². The summed E-state index contributed by atoms with van der Waals surface area (Å²) in [6, 6.07) is 10.6. The minimum absolute atomic E-state index is 0.240. The Balaban J connectivity index is 1.87. The number of carbonyl (C=O) groups is 1. The van der Waals surface area contributed by atoms with Crippen LogP contribution in [0.25, 0.3) is 10.9 Å². The van der Waals surface area contributed by atoms with Crippen LogP contribution in [0.1, 0.15) is 33.4 Å². The summed E-state index contributed by atoms with van der Waals surface area (Å²) in [6.07, 6.45) is -0.632. The largest absolute Gasteiger partial charge is 0.450 e. The van der Waals surface area contributed by atoms with Crippen LogP contribution in [0, 0.1) is 6.92 Å². The van der Waals surface area contributed by atoms with Gasteiger partial charge in [-0.2, -0.15) is 0 Å². The van der Waals surface area contributed by atoms with E-state index in [4.69, 9.17) is 4.74 Å². The van der Waals surface area contributed by atoms with Gasteiger partial charge < -0.3 is 9.72 Å². The van der Waals surface area contributed by atoms with E-state index in [1.54, 1.807) is 31.2 Å². The molecule has 3 rings (SSSR count). The Morgan fingerprint density at radius 2 is 2.05 bits per heavy atom. The molecule has 0 spiro atoms. The summed E-state index contributed by atoms with van der Waals surface area (Å²) in [6.45, 7) is 3.61. The SMILES string of the molecule is Cc1ccc(C(=O)O[C@@H](C)c2nc3ccccc3c(=O)[nH]2)s1. The Hall–Kier alpha value is -2.47. The number of aryl methyl sites for hydroxylation is 1. The molecule has 1 atom stereocenters. The lowest BCUT2D eigenvalue weighted by atomic mass is 10.2. The number of nitrogens with one attached hydrogen (secondary N) is 1. The Kier molecular flexibility index (Phi) is 3.77. The zero-order valence-electron chi connectivity index (χ0n) is 12.1. The molecule has 0 radical (unpaired) electrons. The number of para-hydroxylation sites is 1. The van der Waals surface area contributed by atoms with Crippen molar-refractivity contribution in [3.05, 3.63) is 62.3 Å². The number of aromatic amines is 1. The molecule has 1 N–H and O–H groups in total. The third-order valence-electron chi connectivity index (χ3n) is 3.24. The predicted octanol–water partition coefficient (Wildman–Crippen LogP) is 3.21. The van der Waals surface area contributed by atoms with E-state index in [1.165, 1.54) is 11.3 Å². The quantitative estimate of drug-likeness (QED) is 0.753. The van der Waals surface area contributed by atoms with Gasteiger partial charge in [0.1, 0.15) is 4.88 Å². The van der Waals surface area contributed by atoms with Crippen LogP contribution in [0.15, 0.2) is 41.2 Å². The van der Waals surface area contributed by atoms with Gasteiger partial charge in [-0.25, -0.2) is 9.78 Å². The molecule has 22 heavy (non-hydrogen) atoms. The van der Waals surface area contributed by atoms with Crippen LogP contribution < -0.4 is 5.56 Å². The summed E-state index contributed by atoms with van der Waals surface area (Å²) in [5.41, 5.74) is 0.339. The second-order valence-electron chi connectivity index (χ2n) is 4.93. The number of carbonyl (C=O) groups excluding carboxylic acids is 1. The van der Waals surface area contributed by atoms with Gasteiger partial charge in [0.05, 0.1) is 10.9 Å². The number of rotatable bonds is 3. The first-order valence-electron chi connectivity index (χ1n) is 6.81. The number of fused-ring (bicyclic) bond motifs is 1. The van der Waals surface area contributed by atoms with E-state index in [-0.39, 0.29) is 5.56 Å². The highest BCUT2D eigenvalue weighted by Crippen LogP contribution is 2.20. The van der Waals surface area contributed by atoms with Crippen LogP contribution in [-0.2, 0) is 4.74 Å². The summed E-state index contributed by atoms with van der Waals surface area (Å²) < 4.78 is 5.38. The van der Waals surface area contributed by atoms with E-state index >= 15 is 0 Å². The monoisotopic (exact) mass is 314 g/mol. The molecule has 0 bridgehead atoms. The number of benzene rings is 1. The van der Waals surface area contributed by atoms with Crippen molar-refractivity contribution < 1.29 is 9.53 Å². The maximum Gasteiger partial charge on any atom is 0.349 e. The standard InChI is InChI=1S/C16H14N2O3S/c1-9-7-8-13(22-9)16(20)21-10(2)14-17-12-6-4-3-5-11(12)15(19)18-14/h3-8,10H,1-2H3,(H,17,18,19)/t10-/m0/s1. The molecule has 2 aromatic heterocycles. The van der Waals surface area contributed by atoms with Crippen molar-refractivity contribution >= 4 is 28.2 Å². The molecule has 112 valence electrons. The van der Waals surface area contributed by atoms with Crippen molar-refractivity contribution in [1.82, 2.24) is 9.97 Å². The molecular weight excluding hydrogens is 300 g/mol. The Labute approximate surface area is 130 Å². The molecule has 5 nitrogen and oxygen atoms in total. The van der Waals surface area contributed by atoms with Gasteiger partial charge in [0, 0.05) is 4.88 Å². The zero-order valence-corrected chi connectivity index (χ0v) is 12.9. The molecule has 0 unspecified atom stereocenters. The van der Waals surface area contributed by atoms with Crippen molar-refractivity contribution in [2.75, 3.05) is 0 Å². The van der Waals surface area contributed by atoms with E-state index in [2.05, 4.69) is 9.97 Å². The van der Waals surface area contributed by atoms with Crippen molar-refractivity contribution in [3.63, 3.8) is 0 Å². The molecular formula is C16H14N2O3S. The number of aromatic nitrogens is 2. The summed E-state index contributed by atoms with van der Waals surface area (Å²) in [5.74, 6) is -0.0771. The third-order valence-corrected chi connectivity index (χ3v) is 4.22. The first-order valence-corrected chi connectivity index (χ1v) is 7.62. The molecule has 0 aliphatic rings. The molecule has 0 fully saturated rings. The fourth-order valence-corrected chi connectivity index (χ4v) is 2.87. The Morgan fingerprint density at radius 1 is 1.27 bits per heavy atom. The first kappa shape index (κ1) is 14.5. The second kappa shape index (κ2) is 5.73. The van der Waals surface area contributed by atoms with Gasteiger partial charge in [0.2, 0.25) is 0 Å². The topological polar surface area (TPSA) is 72.0 Å². The molecule has 0 amide bonds. The number of hydrogen-bond acceptors (Lipinski definition) is 5. The third kappa shape index (κ3) is 2.78. The summed E-state index contributed by atoms with van der Waals surface area (Å²) >= 11 is 1.37. The molecule has 0 aliphatic carbocycles. The second-order valence-corrected chi connectivity index (χ2v) is 6.21. The van der Waals surface area contributed by atoms with Crippen molar-refractivity contribution in [2.45, 2.75) is 20.0 Å². The fourth-order valence-electron chi connectivity index (χ4n) is 2.12. The van der Waals surface area contributed by atoms with Gasteiger partial charge in [-0.1, -0.05) is 12.1 Å². The van der Waals surface area contributed by atoms with Gasteiger partial charge in [-0.05, 0) is 38.1 Å². The summed E-state index contributed by atoms with van der Waals surface area (Å²) in [5, 5.41) is 0.513. The molecule has 0 aliphatic heterocycles. The lowest BCUT2D eigenvalue weighted by molar-refractivity contribution is 0.0326. The van der Waals surface area contributed by atoms with E-state index in [0.29, 0.717) is 21.6 Å². The van der Waals surface area contributed by atoms with Gasteiger partial charge in [0.25, 0.3) is 5.56 Å². The molecule has 0 saturated heterocycles. The predicted molar refractivity (Wildman–Crippen MR) is 85.3 cm³/mol. The molecule has 6 heteroatoms. The average Bonchev–Trinajstić information content (AvgIpc) is 2.94. The van der Waals surface area contributed by atoms with Gasteiger partial charge in [0.15, 0.2) is 11.9 Å². The van der Waals surface area contributed by atoms with Crippen LogP contribution in [0.2, 0.25) is 0 Å². The molecule has 2 heterocycles. The average molecular weight is 314 g/mol. The Morgan fingerprint density at radius 3 is 2.77 bits per heavy atom. The van der Waals surface area contributed by atoms with E-state index in [9.17, 15) is 9.59 Å². The highest BCUT2D eigenvalue weighted by Gasteiger charge is 2.17. The lowest BCUT2D eigenvalue weighted by Gasteiger charge is -2.12. The van der Waals surface area contributed by atoms with E-state index < -0.39 is 12.1 Å². The minimum Gasteiger partial charge on any atom is -0.450 e. The number of thiophene rings is 1. The number of esters is 1. The molecule has 0 saturated carbocycles. The molecule has 3 aromatic rings. The maximum atomic E-state index is 12.1. The highest BCUT2D eigenvalue weighted by molar-refractivity contribution is 7.13. The van der Waals surface area contributed by atoms with E-state index in [1.807, 2.05) is 19.1 Å². The zero-order chi connectivity index (χ0) is 15.7. The van der Waals surface area contributed by atoms with Gasteiger partial charge >= 0.3 is 5.97 Å². The van der Waals surface area contributed by atoms with Gasteiger partial charge in [-0.3, -0.25) is 4.79 Å². The van der Waals surface area contributed by atoms with Crippen molar-refractivity contribution in [1.29, 1.82) is 0 Å². The number of ether oxygens (including phenoxy) is 1. The Bertz CT molecular complexity index is 898. The number of H-pyrrole nitrogens is 1. The summed E-state index contributed by atoms with van der Waals surface area (Å²) in [4.78, 5) is 32.7. The number of nitrogens with zero attached hydrogens (tertiary/aromatic N) is 1. The van der Waals surface area contributed by atoms with Crippen LogP contribution in [0.3, 0.4) is 0 Å². The maximum absolute atomic E-state index is 12.1.